The molecule has 0 saturated heterocycles. The maximum Gasteiger partial charge on any atom is 0.259 e. The fourth-order valence-corrected chi connectivity index (χ4v) is 4.71. The standard InChI is InChI=1S/C25H26FN3O2S/c1-17(2)13-28(14-18-4-8-20(26)9-5-18)15-21-12-24(30)29-23(16-32-25(29)27-21)19-6-10-22(31-3)11-7-19/h4-12,16-17H,13-15H2,1-3H3. The molecule has 0 amide bonds. The van der Waals surface area contributed by atoms with E-state index in [0.29, 0.717) is 24.0 Å². The molecule has 0 fully saturated rings. The lowest BCUT2D eigenvalue weighted by Crippen LogP contribution is -2.28. The number of benzene rings is 2. The fourth-order valence-electron chi connectivity index (χ4n) is 3.79. The molecule has 0 atom stereocenters. The highest BCUT2D eigenvalue weighted by atomic mass is 32.1. The maximum absolute atomic E-state index is 13.3. The molecule has 4 rings (SSSR count). The van der Waals surface area contributed by atoms with Gasteiger partial charge in [-0.05, 0) is 53.4 Å². The minimum Gasteiger partial charge on any atom is -0.497 e. The second-order valence-corrected chi connectivity index (χ2v) is 9.08. The van der Waals surface area contributed by atoms with Gasteiger partial charge in [0.2, 0.25) is 0 Å². The summed E-state index contributed by atoms with van der Waals surface area (Å²) < 4.78 is 20.2. The van der Waals surface area contributed by atoms with Crippen molar-refractivity contribution in [1.82, 2.24) is 14.3 Å². The van der Waals surface area contributed by atoms with Crippen LogP contribution in [0, 0.1) is 11.7 Å². The number of fused-ring (bicyclic) bond motifs is 1. The fraction of sp³-hybridized carbons (Fsp3) is 0.280. The number of ether oxygens (including phenoxy) is 1. The number of thiazole rings is 1. The Kier molecular flexibility index (Phi) is 6.67. The van der Waals surface area contributed by atoms with Gasteiger partial charge in [-0.15, -0.1) is 11.3 Å². The summed E-state index contributed by atoms with van der Waals surface area (Å²) in [6, 6.07) is 15.8. The highest BCUT2D eigenvalue weighted by molar-refractivity contribution is 7.15. The van der Waals surface area contributed by atoms with Crippen molar-refractivity contribution < 1.29 is 9.13 Å². The van der Waals surface area contributed by atoms with E-state index in [1.807, 2.05) is 29.6 Å². The smallest absolute Gasteiger partial charge is 0.259 e. The van der Waals surface area contributed by atoms with E-state index in [4.69, 9.17) is 9.72 Å². The van der Waals surface area contributed by atoms with Crippen LogP contribution in [0.3, 0.4) is 0 Å². The lowest BCUT2D eigenvalue weighted by Gasteiger charge is -2.24. The molecule has 0 aliphatic carbocycles. The number of rotatable bonds is 8. The van der Waals surface area contributed by atoms with Gasteiger partial charge < -0.3 is 4.74 Å². The lowest BCUT2D eigenvalue weighted by atomic mass is 10.1. The van der Waals surface area contributed by atoms with Crippen molar-refractivity contribution >= 4 is 16.3 Å². The number of methoxy groups -OCH3 is 1. The molecule has 2 aromatic heterocycles. The predicted molar refractivity (Wildman–Crippen MR) is 127 cm³/mol. The van der Waals surface area contributed by atoms with Crippen LogP contribution in [0.4, 0.5) is 4.39 Å². The molecule has 0 radical (unpaired) electrons. The monoisotopic (exact) mass is 451 g/mol. The van der Waals surface area contributed by atoms with Crippen LogP contribution in [0.5, 0.6) is 5.75 Å². The summed E-state index contributed by atoms with van der Waals surface area (Å²) in [6.07, 6.45) is 0. The van der Waals surface area contributed by atoms with E-state index in [1.165, 1.54) is 23.5 Å². The zero-order valence-electron chi connectivity index (χ0n) is 18.4. The number of aromatic nitrogens is 2. The van der Waals surface area contributed by atoms with Crippen LogP contribution >= 0.6 is 11.3 Å². The van der Waals surface area contributed by atoms with Crippen molar-refractivity contribution in [2.24, 2.45) is 5.92 Å². The zero-order chi connectivity index (χ0) is 22.7. The first-order chi connectivity index (χ1) is 15.4. The highest BCUT2D eigenvalue weighted by Gasteiger charge is 2.15. The summed E-state index contributed by atoms with van der Waals surface area (Å²) in [5, 5.41) is 1.96. The minimum atomic E-state index is -0.241. The summed E-state index contributed by atoms with van der Waals surface area (Å²) in [4.78, 5) is 20.7. The van der Waals surface area contributed by atoms with Crippen LogP contribution in [0.2, 0.25) is 0 Å². The van der Waals surface area contributed by atoms with Gasteiger partial charge in [-0.3, -0.25) is 14.1 Å². The Labute approximate surface area is 190 Å². The third kappa shape index (κ3) is 5.06. The van der Waals surface area contributed by atoms with E-state index in [1.54, 1.807) is 29.7 Å². The van der Waals surface area contributed by atoms with Gasteiger partial charge in [0.1, 0.15) is 11.6 Å². The van der Waals surface area contributed by atoms with Crippen molar-refractivity contribution in [3.63, 3.8) is 0 Å². The molecule has 0 spiro atoms. The van der Waals surface area contributed by atoms with Gasteiger partial charge in [-0.2, -0.15) is 0 Å². The Hall–Kier alpha value is -3.03. The van der Waals surface area contributed by atoms with Crippen LogP contribution < -0.4 is 10.3 Å². The largest absolute Gasteiger partial charge is 0.497 e. The van der Waals surface area contributed by atoms with Crippen molar-refractivity contribution in [2.45, 2.75) is 26.9 Å². The summed E-state index contributed by atoms with van der Waals surface area (Å²) in [5.74, 6) is 0.978. The second-order valence-electron chi connectivity index (χ2n) is 8.24. The molecular weight excluding hydrogens is 425 g/mol. The average Bonchev–Trinajstić information content (AvgIpc) is 3.19. The van der Waals surface area contributed by atoms with E-state index in [-0.39, 0.29) is 11.4 Å². The average molecular weight is 452 g/mol. The molecule has 0 aliphatic rings. The number of hydrogen-bond donors (Lipinski definition) is 0. The van der Waals surface area contributed by atoms with E-state index >= 15 is 0 Å². The Morgan fingerprint density at radius 3 is 2.47 bits per heavy atom. The first-order valence-electron chi connectivity index (χ1n) is 10.5. The molecule has 0 N–H and O–H groups in total. The Balaban J connectivity index is 1.61. The quantitative estimate of drug-likeness (QED) is 0.368. The van der Waals surface area contributed by atoms with Crippen molar-refractivity contribution in [3.8, 4) is 17.0 Å². The number of halogens is 1. The summed E-state index contributed by atoms with van der Waals surface area (Å²) >= 11 is 1.45. The molecule has 5 nitrogen and oxygen atoms in total. The molecule has 2 aromatic carbocycles. The number of nitrogens with zero attached hydrogens (tertiary/aromatic N) is 3. The molecule has 0 aliphatic heterocycles. The lowest BCUT2D eigenvalue weighted by molar-refractivity contribution is 0.225. The topological polar surface area (TPSA) is 46.8 Å². The van der Waals surface area contributed by atoms with Crippen molar-refractivity contribution in [1.29, 1.82) is 0 Å². The molecule has 0 unspecified atom stereocenters. The molecule has 7 heteroatoms. The van der Waals surface area contributed by atoms with Gasteiger partial charge in [-0.1, -0.05) is 26.0 Å². The second kappa shape index (κ2) is 9.63. The highest BCUT2D eigenvalue weighted by Crippen LogP contribution is 2.26. The van der Waals surface area contributed by atoms with Crippen molar-refractivity contribution in [3.05, 3.63) is 87.4 Å². The van der Waals surface area contributed by atoms with Gasteiger partial charge in [0.15, 0.2) is 4.96 Å². The molecule has 0 saturated carbocycles. The summed E-state index contributed by atoms with van der Waals surface area (Å²) in [6.45, 7) is 6.38. The van der Waals surface area contributed by atoms with Gasteiger partial charge >= 0.3 is 0 Å². The molecule has 4 aromatic rings. The Morgan fingerprint density at radius 1 is 1.09 bits per heavy atom. The molecule has 2 heterocycles. The van der Waals surface area contributed by atoms with Gasteiger partial charge in [0, 0.05) is 31.1 Å². The maximum atomic E-state index is 13.3. The third-order valence-electron chi connectivity index (χ3n) is 5.17. The van der Waals surface area contributed by atoms with Crippen LogP contribution in [-0.2, 0) is 13.1 Å². The molecule has 0 bridgehead atoms. The normalized spacial score (nSPS) is 11.6. The molecule has 166 valence electrons. The zero-order valence-corrected chi connectivity index (χ0v) is 19.2. The van der Waals surface area contributed by atoms with Crippen LogP contribution in [-0.4, -0.2) is 27.9 Å². The molecule has 32 heavy (non-hydrogen) atoms. The van der Waals surface area contributed by atoms with Gasteiger partial charge in [0.25, 0.3) is 5.56 Å². The Bertz CT molecular complexity index is 1250. The van der Waals surface area contributed by atoms with Gasteiger partial charge in [0.05, 0.1) is 18.5 Å². The minimum absolute atomic E-state index is 0.0941. The van der Waals surface area contributed by atoms with E-state index in [9.17, 15) is 9.18 Å². The third-order valence-corrected chi connectivity index (χ3v) is 6.00. The van der Waals surface area contributed by atoms with Crippen LogP contribution in [0.15, 0.2) is 64.8 Å². The van der Waals surface area contributed by atoms with Crippen LogP contribution in [0.1, 0.15) is 25.1 Å². The first kappa shape index (κ1) is 22.2. The van der Waals surface area contributed by atoms with Gasteiger partial charge in [-0.25, -0.2) is 9.37 Å². The van der Waals surface area contributed by atoms with E-state index < -0.39 is 0 Å². The summed E-state index contributed by atoms with van der Waals surface area (Å²) in [5.41, 5.74) is 3.43. The van der Waals surface area contributed by atoms with Crippen molar-refractivity contribution in [2.75, 3.05) is 13.7 Å². The number of hydrogen-bond acceptors (Lipinski definition) is 5. The summed E-state index contributed by atoms with van der Waals surface area (Å²) in [7, 11) is 1.63. The molecular formula is C25H26FN3O2S. The van der Waals surface area contributed by atoms with E-state index in [2.05, 4.69) is 18.7 Å². The predicted octanol–water partition coefficient (Wildman–Crippen LogP) is 5.23. The van der Waals surface area contributed by atoms with Crippen LogP contribution in [0.25, 0.3) is 16.2 Å². The first-order valence-corrected chi connectivity index (χ1v) is 11.4. The van der Waals surface area contributed by atoms with E-state index in [0.717, 1.165) is 34.8 Å². The Morgan fingerprint density at radius 2 is 1.81 bits per heavy atom. The SMILES string of the molecule is COc1ccc(-c2csc3nc(CN(Cc4ccc(F)cc4)CC(C)C)cc(=O)n23)cc1.